The highest BCUT2D eigenvalue weighted by atomic mass is 35.5. The maximum Gasteiger partial charge on any atom is 0.333 e. The van der Waals surface area contributed by atoms with Crippen molar-refractivity contribution in [1.82, 2.24) is 4.72 Å². The molecule has 5 nitrogen and oxygen atoms in total. The van der Waals surface area contributed by atoms with Crippen molar-refractivity contribution in [3.05, 3.63) is 33.8 Å². The van der Waals surface area contributed by atoms with Gasteiger partial charge in [0.15, 0.2) is 0 Å². The molecule has 0 unspecified atom stereocenters. The van der Waals surface area contributed by atoms with Crippen LogP contribution in [0.5, 0.6) is 0 Å². The number of benzene rings is 1. The van der Waals surface area contributed by atoms with Crippen LogP contribution in [0.4, 0.5) is 0 Å². The predicted octanol–water partition coefficient (Wildman–Crippen LogP) is 3.63. The first-order valence-corrected chi connectivity index (χ1v) is 8.71. The van der Waals surface area contributed by atoms with E-state index in [2.05, 4.69) is 4.72 Å². The summed E-state index contributed by atoms with van der Waals surface area (Å²) in [5.74, 6) is 0. The smallest absolute Gasteiger partial charge is 0.333 e. The summed E-state index contributed by atoms with van der Waals surface area (Å²) in [5, 5.41) is 0.765. The Balaban J connectivity index is 3.17. The fraction of sp³-hybridized carbons (Fsp3) is 0.538. The molecule has 120 valence electrons. The fourth-order valence-corrected chi connectivity index (χ4v) is 3.39. The summed E-state index contributed by atoms with van der Waals surface area (Å²) in [6, 6.07) is 4.33. The molecular formula is C13H19Cl2NO4S. The molecule has 0 amide bonds. The Hall–Kier alpha value is -0.370. The molecule has 0 aliphatic rings. The van der Waals surface area contributed by atoms with E-state index >= 15 is 0 Å². The molecule has 0 aliphatic carbocycles. The second kappa shape index (κ2) is 8.31. The molecule has 0 bridgehead atoms. The molecule has 2 N–H and O–H groups in total. The number of hydrogen-bond acceptors (Lipinski definition) is 3. The van der Waals surface area contributed by atoms with Gasteiger partial charge in [-0.3, -0.25) is 4.55 Å². The van der Waals surface area contributed by atoms with Gasteiger partial charge in [-0.05, 0) is 18.6 Å². The molecule has 0 saturated heterocycles. The summed E-state index contributed by atoms with van der Waals surface area (Å²) in [4.78, 5) is 0. The van der Waals surface area contributed by atoms with Gasteiger partial charge in [0, 0.05) is 22.7 Å². The predicted molar refractivity (Wildman–Crippen MR) is 84.2 cm³/mol. The van der Waals surface area contributed by atoms with Gasteiger partial charge in [-0.2, -0.15) is 13.1 Å². The Kier molecular flexibility index (Phi) is 7.39. The zero-order chi connectivity index (χ0) is 16.0. The van der Waals surface area contributed by atoms with Crippen LogP contribution in [-0.4, -0.2) is 26.1 Å². The molecule has 0 radical (unpaired) electrons. The Morgan fingerprint density at radius 1 is 1.33 bits per heavy atom. The third-order valence-corrected chi connectivity index (χ3v) is 4.33. The summed E-state index contributed by atoms with van der Waals surface area (Å²) in [6.07, 6.45) is 1.42. The molecule has 8 heteroatoms. The molecule has 2 atom stereocenters. The minimum atomic E-state index is -4.36. The minimum absolute atomic E-state index is 0.382. The van der Waals surface area contributed by atoms with Crippen LogP contribution >= 0.6 is 23.2 Å². The first-order valence-electron chi connectivity index (χ1n) is 6.51. The zero-order valence-electron chi connectivity index (χ0n) is 11.8. The lowest BCUT2D eigenvalue weighted by atomic mass is 9.98. The van der Waals surface area contributed by atoms with Crippen molar-refractivity contribution in [3.8, 4) is 0 Å². The van der Waals surface area contributed by atoms with E-state index in [0.717, 1.165) is 12.8 Å². The fourth-order valence-electron chi connectivity index (χ4n) is 2.15. The number of rotatable bonds is 8. The molecular weight excluding hydrogens is 337 g/mol. The van der Waals surface area contributed by atoms with Crippen molar-refractivity contribution < 1.29 is 17.7 Å². The van der Waals surface area contributed by atoms with E-state index in [1.165, 1.54) is 7.11 Å². The lowest BCUT2D eigenvalue weighted by Crippen LogP contribution is -2.39. The Morgan fingerprint density at radius 3 is 2.33 bits per heavy atom. The van der Waals surface area contributed by atoms with Crippen LogP contribution in [0.2, 0.25) is 10.0 Å². The molecule has 0 saturated carbocycles. The first-order chi connectivity index (χ1) is 9.80. The maximum atomic E-state index is 11.1. The average Bonchev–Trinajstić information content (AvgIpc) is 2.38. The number of halogens is 2. The van der Waals surface area contributed by atoms with E-state index in [1.54, 1.807) is 18.2 Å². The van der Waals surface area contributed by atoms with Crippen molar-refractivity contribution >= 4 is 33.5 Å². The number of nitrogens with one attached hydrogen (secondary N) is 1. The number of unbranched alkanes of at least 4 members (excludes halogenated alkanes) is 1. The number of methoxy groups -OCH3 is 1. The number of ether oxygens (including phenoxy) is 1. The van der Waals surface area contributed by atoms with E-state index in [9.17, 15) is 8.42 Å². The van der Waals surface area contributed by atoms with Crippen molar-refractivity contribution in [3.63, 3.8) is 0 Å². The highest BCUT2D eigenvalue weighted by Gasteiger charge is 2.29. The molecule has 21 heavy (non-hydrogen) atoms. The van der Waals surface area contributed by atoms with E-state index in [-0.39, 0.29) is 0 Å². The minimum Gasteiger partial charge on any atom is -0.375 e. The molecule has 0 aromatic heterocycles. The Labute approximate surface area is 135 Å². The summed E-state index contributed by atoms with van der Waals surface area (Å²) < 4.78 is 38.9. The lowest BCUT2D eigenvalue weighted by Gasteiger charge is -2.27. The topological polar surface area (TPSA) is 75.6 Å². The van der Waals surface area contributed by atoms with Gasteiger partial charge in [-0.25, -0.2) is 0 Å². The average molecular weight is 356 g/mol. The van der Waals surface area contributed by atoms with Crippen LogP contribution < -0.4 is 4.72 Å². The Bertz CT molecular complexity index is 545. The van der Waals surface area contributed by atoms with Gasteiger partial charge in [0.2, 0.25) is 0 Å². The van der Waals surface area contributed by atoms with Gasteiger partial charge in [-0.15, -0.1) is 0 Å². The second-order valence-electron chi connectivity index (χ2n) is 4.63. The molecule has 0 heterocycles. The van der Waals surface area contributed by atoms with E-state index in [0.29, 0.717) is 22.0 Å². The second-order valence-corrected chi connectivity index (χ2v) is 6.63. The summed E-state index contributed by atoms with van der Waals surface area (Å²) >= 11 is 12.3. The molecule has 1 aromatic carbocycles. The van der Waals surface area contributed by atoms with Gasteiger partial charge in [0.05, 0.1) is 6.04 Å². The largest absolute Gasteiger partial charge is 0.375 e. The molecule has 0 spiro atoms. The van der Waals surface area contributed by atoms with Crippen molar-refractivity contribution in [2.45, 2.75) is 38.3 Å². The summed E-state index contributed by atoms with van der Waals surface area (Å²) in [7, 11) is -2.92. The number of hydrogen-bond donors (Lipinski definition) is 2. The van der Waals surface area contributed by atoms with E-state index < -0.39 is 22.4 Å². The highest BCUT2D eigenvalue weighted by molar-refractivity contribution is 7.83. The van der Waals surface area contributed by atoms with Gasteiger partial charge >= 0.3 is 10.3 Å². The SMILES string of the molecule is CCCC[C@@H](NS(=O)(=O)O)[C@H](OC)c1c(Cl)cccc1Cl. The van der Waals surface area contributed by atoms with Crippen molar-refractivity contribution in [2.75, 3.05) is 7.11 Å². The van der Waals surface area contributed by atoms with Gasteiger partial charge in [-0.1, -0.05) is 49.0 Å². The van der Waals surface area contributed by atoms with Crippen LogP contribution in [-0.2, 0) is 15.0 Å². The van der Waals surface area contributed by atoms with Crippen LogP contribution in [0.1, 0.15) is 37.9 Å². The summed E-state index contributed by atoms with van der Waals surface area (Å²) in [6.45, 7) is 1.98. The molecule has 1 rings (SSSR count). The van der Waals surface area contributed by atoms with Crippen LogP contribution in [0.25, 0.3) is 0 Å². The third-order valence-electron chi connectivity index (χ3n) is 3.07. The maximum absolute atomic E-state index is 11.1. The van der Waals surface area contributed by atoms with Crippen molar-refractivity contribution in [2.24, 2.45) is 0 Å². The third kappa shape index (κ3) is 5.73. The van der Waals surface area contributed by atoms with Gasteiger partial charge in [0.1, 0.15) is 6.10 Å². The quantitative estimate of drug-likeness (QED) is 0.698. The molecule has 1 aromatic rings. The van der Waals surface area contributed by atoms with Crippen LogP contribution in [0.3, 0.4) is 0 Å². The summed E-state index contributed by atoms with van der Waals surface area (Å²) in [5.41, 5.74) is 0.501. The highest BCUT2D eigenvalue weighted by Crippen LogP contribution is 2.35. The first kappa shape index (κ1) is 18.7. The van der Waals surface area contributed by atoms with E-state index in [4.69, 9.17) is 32.5 Å². The standard InChI is InChI=1S/C13H19Cl2NO4S/c1-3-4-8-11(16-21(17,18)19)13(20-2)12-9(14)6-5-7-10(12)15/h5-7,11,13,16H,3-4,8H2,1-2H3,(H,17,18,19)/t11-,13+/m1/s1. The molecule has 0 fully saturated rings. The van der Waals surface area contributed by atoms with Crippen LogP contribution in [0, 0.1) is 0 Å². The van der Waals surface area contributed by atoms with Crippen molar-refractivity contribution in [1.29, 1.82) is 0 Å². The van der Waals surface area contributed by atoms with Gasteiger partial charge in [0.25, 0.3) is 0 Å². The molecule has 0 aliphatic heterocycles. The monoisotopic (exact) mass is 355 g/mol. The van der Waals surface area contributed by atoms with Gasteiger partial charge < -0.3 is 4.74 Å². The Morgan fingerprint density at radius 2 is 1.90 bits per heavy atom. The normalized spacial score (nSPS) is 14.9. The lowest BCUT2D eigenvalue weighted by molar-refractivity contribution is 0.0709. The van der Waals surface area contributed by atoms with E-state index in [1.807, 2.05) is 6.92 Å². The zero-order valence-corrected chi connectivity index (χ0v) is 14.2. The van der Waals surface area contributed by atoms with Crippen LogP contribution in [0.15, 0.2) is 18.2 Å².